The summed E-state index contributed by atoms with van der Waals surface area (Å²) in [6, 6.07) is 5.43. The minimum absolute atomic E-state index is 0.0106. The number of nitrogens with zero attached hydrogens (tertiary/aromatic N) is 1. The molecule has 0 unspecified atom stereocenters. The highest BCUT2D eigenvalue weighted by molar-refractivity contribution is 5.97. The van der Waals surface area contributed by atoms with Gasteiger partial charge in [-0.15, -0.1) is 0 Å². The highest BCUT2D eigenvalue weighted by Crippen LogP contribution is 2.13. The Bertz CT molecular complexity index is 993. The molecule has 0 aliphatic rings. The van der Waals surface area contributed by atoms with Crippen molar-refractivity contribution in [2.45, 2.75) is 38.4 Å². The number of aliphatic hydroxyl groups excluding tert-OH is 1. The van der Waals surface area contributed by atoms with Crippen LogP contribution in [0.2, 0.25) is 0 Å². The Labute approximate surface area is 180 Å². The van der Waals surface area contributed by atoms with Gasteiger partial charge in [-0.3, -0.25) is 14.8 Å². The van der Waals surface area contributed by atoms with Crippen molar-refractivity contribution in [3.8, 4) is 23.7 Å². The van der Waals surface area contributed by atoms with Crippen molar-refractivity contribution in [3.63, 3.8) is 0 Å². The van der Waals surface area contributed by atoms with Crippen molar-refractivity contribution < 1.29 is 19.9 Å². The van der Waals surface area contributed by atoms with E-state index in [4.69, 9.17) is 10.3 Å². The van der Waals surface area contributed by atoms with Gasteiger partial charge < -0.3 is 20.7 Å². The number of hydroxylamine groups is 1. The van der Waals surface area contributed by atoms with Gasteiger partial charge in [-0.25, -0.2) is 10.5 Å². The zero-order valence-electron chi connectivity index (χ0n) is 17.3. The quantitative estimate of drug-likeness (QED) is 0.205. The van der Waals surface area contributed by atoms with Gasteiger partial charge in [-0.2, -0.15) is 0 Å². The topological polar surface area (TPSA) is 139 Å². The van der Waals surface area contributed by atoms with Crippen molar-refractivity contribution in [2.24, 2.45) is 0 Å². The molecule has 1 heterocycles. The second-order valence-corrected chi connectivity index (χ2v) is 7.14. The van der Waals surface area contributed by atoms with Gasteiger partial charge in [0.1, 0.15) is 6.04 Å². The minimum Gasteiger partial charge on any atom is -0.395 e. The van der Waals surface area contributed by atoms with E-state index in [9.17, 15) is 9.59 Å². The summed E-state index contributed by atoms with van der Waals surface area (Å²) >= 11 is 0. The van der Waals surface area contributed by atoms with Gasteiger partial charge in [0.2, 0.25) is 0 Å². The van der Waals surface area contributed by atoms with Gasteiger partial charge in [0, 0.05) is 41.5 Å². The fraction of sp³-hybridized carbons (Fsp3) is 0.318. The molecule has 0 aliphatic carbocycles. The molecule has 9 heteroatoms. The number of H-pyrrole nitrogens is 1. The zero-order valence-corrected chi connectivity index (χ0v) is 17.3. The fourth-order valence-electron chi connectivity index (χ4n) is 2.63. The van der Waals surface area contributed by atoms with E-state index in [1.807, 2.05) is 0 Å². The van der Waals surface area contributed by atoms with Crippen LogP contribution in [0.15, 0.2) is 36.8 Å². The summed E-state index contributed by atoms with van der Waals surface area (Å²) in [5.74, 6) is 9.60. The first-order valence-electron chi connectivity index (χ1n) is 9.54. The normalized spacial score (nSPS) is 11.4. The van der Waals surface area contributed by atoms with Crippen LogP contribution in [0, 0.1) is 23.7 Å². The molecule has 0 fully saturated rings. The number of hydrogen-bond donors (Lipinski definition) is 6. The summed E-state index contributed by atoms with van der Waals surface area (Å²) in [6.07, 6.45) is 3.55. The number of amides is 2. The van der Waals surface area contributed by atoms with Gasteiger partial charge in [0.25, 0.3) is 11.8 Å². The molecule has 1 aromatic carbocycles. The smallest absolute Gasteiger partial charge is 0.267 e. The number of nitrogens with one attached hydrogen (secondary N) is 4. The molecule has 2 amide bonds. The third-order valence-electron chi connectivity index (χ3n) is 4.40. The first-order valence-corrected chi connectivity index (χ1v) is 9.54. The average Bonchev–Trinajstić information content (AvgIpc) is 3.29. The van der Waals surface area contributed by atoms with Crippen LogP contribution in [0.4, 0.5) is 0 Å². The summed E-state index contributed by atoms with van der Waals surface area (Å²) in [5.41, 5.74) is 2.51. The highest BCUT2D eigenvalue weighted by Gasteiger charge is 2.36. The van der Waals surface area contributed by atoms with Crippen molar-refractivity contribution >= 4 is 11.8 Å². The van der Waals surface area contributed by atoms with E-state index in [1.165, 1.54) is 0 Å². The van der Waals surface area contributed by atoms with Crippen molar-refractivity contribution in [3.05, 3.63) is 53.6 Å². The monoisotopic (exact) mass is 423 g/mol. The molecule has 0 aliphatic heterocycles. The number of aliphatic hydroxyl groups is 1. The Hall–Kier alpha value is -3.63. The Morgan fingerprint density at radius 2 is 1.97 bits per heavy atom. The van der Waals surface area contributed by atoms with Crippen LogP contribution >= 0.6 is 0 Å². The molecule has 0 saturated carbocycles. The molecule has 0 saturated heterocycles. The second kappa shape index (κ2) is 11.5. The molecule has 0 radical (unpaired) electrons. The summed E-state index contributed by atoms with van der Waals surface area (Å²) in [5, 5.41) is 23.6. The Morgan fingerprint density at radius 3 is 2.58 bits per heavy atom. The predicted octanol–water partition coefficient (Wildman–Crippen LogP) is 0.319. The highest BCUT2D eigenvalue weighted by atomic mass is 16.5. The van der Waals surface area contributed by atoms with Gasteiger partial charge in [-0.05, 0) is 50.0 Å². The molecule has 2 rings (SSSR count). The molecule has 2 aromatic rings. The average molecular weight is 423 g/mol. The zero-order chi connectivity index (χ0) is 22.7. The predicted molar refractivity (Wildman–Crippen MR) is 113 cm³/mol. The van der Waals surface area contributed by atoms with Crippen LogP contribution in [-0.4, -0.2) is 50.3 Å². The first-order chi connectivity index (χ1) is 14.9. The standard InChI is InChI=1S/C22H25N5O4/c1-22(2,25-14-18-13-23-15-24-18)19(21(30)27-31)26-20(29)17-10-8-16(9-11-17)7-5-3-4-6-12-28/h8-11,13,15,19,25,28,31H,6,12,14H2,1-2H3,(H,23,24)(H,26,29)(H,27,30)/t19-/m1/s1. The number of imidazole rings is 1. The molecular formula is C22H25N5O4. The molecule has 31 heavy (non-hydrogen) atoms. The van der Waals surface area contributed by atoms with E-state index in [0.29, 0.717) is 24.1 Å². The third-order valence-corrected chi connectivity index (χ3v) is 4.40. The van der Waals surface area contributed by atoms with E-state index in [0.717, 1.165) is 5.69 Å². The minimum atomic E-state index is -1.06. The SMILES string of the molecule is CC(C)(NCc1cnc[nH]1)[C@H](NC(=O)c1ccc(C#CC#CCCO)cc1)C(=O)NO. The largest absolute Gasteiger partial charge is 0.395 e. The number of hydrogen-bond acceptors (Lipinski definition) is 6. The Kier molecular flexibility index (Phi) is 8.79. The fourth-order valence-corrected chi connectivity index (χ4v) is 2.63. The van der Waals surface area contributed by atoms with Gasteiger partial charge in [0.05, 0.1) is 12.9 Å². The third kappa shape index (κ3) is 7.28. The maximum absolute atomic E-state index is 12.7. The van der Waals surface area contributed by atoms with E-state index < -0.39 is 23.4 Å². The molecule has 162 valence electrons. The molecule has 6 N–H and O–H groups in total. The molecule has 0 spiro atoms. The summed E-state index contributed by atoms with van der Waals surface area (Å²) in [4.78, 5) is 31.8. The number of carbonyl (C=O) groups excluding carboxylic acids is 2. The van der Waals surface area contributed by atoms with E-state index in [-0.39, 0.29) is 6.61 Å². The number of rotatable bonds is 8. The van der Waals surface area contributed by atoms with Crippen LogP contribution in [0.5, 0.6) is 0 Å². The lowest BCUT2D eigenvalue weighted by atomic mass is 9.93. The van der Waals surface area contributed by atoms with Crippen LogP contribution in [0.3, 0.4) is 0 Å². The summed E-state index contributed by atoms with van der Waals surface area (Å²) in [6.45, 7) is 3.84. The number of benzene rings is 1. The lowest BCUT2D eigenvalue weighted by Gasteiger charge is -2.34. The van der Waals surface area contributed by atoms with Crippen molar-refractivity contribution in [2.75, 3.05) is 6.61 Å². The Morgan fingerprint density at radius 1 is 1.23 bits per heavy atom. The number of aromatic amines is 1. The van der Waals surface area contributed by atoms with Gasteiger partial charge >= 0.3 is 0 Å². The van der Waals surface area contributed by atoms with Crippen LogP contribution < -0.4 is 16.1 Å². The van der Waals surface area contributed by atoms with Crippen LogP contribution in [0.1, 0.15) is 41.9 Å². The maximum Gasteiger partial charge on any atom is 0.267 e. The van der Waals surface area contributed by atoms with E-state index >= 15 is 0 Å². The molecule has 0 bridgehead atoms. The lowest BCUT2D eigenvalue weighted by Crippen LogP contribution is -2.62. The molecule has 1 aromatic heterocycles. The first kappa shape index (κ1) is 23.6. The number of carbonyl (C=O) groups is 2. The number of aromatic nitrogens is 2. The molecule has 9 nitrogen and oxygen atoms in total. The molecular weight excluding hydrogens is 398 g/mol. The van der Waals surface area contributed by atoms with Crippen LogP contribution in [-0.2, 0) is 11.3 Å². The summed E-state index contributed by atoms with van der Waals surface area (Å²) in [7, 11) is 0. The van der Waals surface area contributed by atoms with E-state index in [1.54, 1.807) is 56.1 Å². The van der Waals surface area contributed by atoms with Crippen LogP contribution in [0.25, 0.3) is 0 Å². The Balaban J connectivity index is 2.07. The van der Waals surface area contributed by atoms with E-state index in [2.05, 4.69) is 44.3 Å². The van der Waals surface area contributed by atoms with Crippen molar-refractivity contribution in [1.29, 1.82) is 0 Å². The van der Waals surface area contributed by atoms with Gasteiger partial charge in [-0.1, -0.05) is 11.8 Å². The lowest BCUT2D eigenvalue weighted by molar-refractivity contribution is -0.133. The van der Waals surface area contributed by atoms with Gasteiger partial charge in [0.15, 0.2) is 0 Å². The maximum atomic E-state index is 12.7. The summed E-state index contributed by atoms with van der Waals surface area (Å²) < 4.78 is 0. The second-order valence-electron chi connectivity index (χ2n) is 7.14. The molecule has 1 atom stereocenters. The van der Waals surface area contributed by atoms with Crippen molar-refractivity contribution in [1.82, 2.24) is 26.1 Å².